The third-order valence-electron chi connectivity index (χ3n) is 4.30. The van der Waals surface area contributed by atoms with Crippen LogP contribution >= 0.6 is 0 Å². The first-order chi connectivity index (χ1) is 10.7. The number of hydrogen-bond acceptors (Lipinski definition) is 3. The van der Waals surface area contributed by atoms with Gasteiger partial charge in [0.15, 0.2) is 0 Å². The molecule has 22 heavy (non-hydrogen) atoms. The quantitative estimate of drug-likeness (QED) is 0.801. The van der Waals surface area contributed by atoms with Crippen LogP contribution in [0.15, 0.2) is 24.3 Å². The van der Waals surface area contributed by atoms with Crippen molar-refractivity contribution in [3.8, 4) is 0 Å². The lowest BCUT2D eigenvalue weighted by molar-refractivity contribution is 0.0696. The van der Waals surface area contributed by atoms with Crippen LogP contribution in [-0.2, 0) is 6.54 Å². The molecular weight excluding hydrogens is 276 g/mol. The van der Waals surface area contributed by atoms with Gasteiger partial charge in [-0.2, -0.15) is 0 Å². The molecule has 0 unspecified atom stereocenters. The Balaban J connectivity index is 1.89. The molecule has 122 valence electrons. The molecule has 1 saturated heterocycles. The van der Waals surface area contributed by atoms with Crippen LogP contribution < -0.4 is 0 Å². The van der Waals surface area contributed by atoms with Crippen LogP contribution in [0.4, 0.5) is 0 Å². The Labute approximate surface area is 133 Å². The summed E-state index contributed by atoms with van der Waals surface area (Å²) in [5.41, 5.74) is 1.47. The molecule has 1 aromatic carbocycles. The topological polar surface area (TPSA) is 43.8 Å². The number of nitrogens with zero attached hydrogens (tertiary/aromatic N) is 2. The number of piperidine rings is 1. The molecule has 0 saturated carbocycles. The fourth-order valence-electron chi connectivity index (χ4n) is 3.11. The lowest BCUT2D eigenvalue weighted by Crippen LogP contribution is -2.38. The molecule has 0 bridgehead atoms. The summed E-state index contributed by atoms with van der Waals surface area (Å²) in [7, 11) is 0. The lowest BCUT2D eigenvalue weighted by Gasteiger charge is -2.30. The number of carboxylic acids is 1. The van der Waals surface area contributed by atoms with Gasteiger partial charge in [-0.15, -0.1) is 0 Å². The first kappa shape index (κ1) is 17.0. The van der Waals surface area contributed by atoms with E-state index in [1.807, 2.05) is 12.1 Å². The number of carboxylic acid groups (broad SMARTS) is 1. The molecule has 1 aromatic rings. The number of hydrogen-bond donors (Lipinski definition) is 1. The van der Waals surface area contributed by atoms with E-state index in [9.17, 15) is 4.79 Å². The van der Waals surface area contributed by atoms with E-state index in [1.165, 1.54) is 32.4 Å². The van der Waals surface area contributed by atoms with E-state index >= 15 is 0 Å². The molecular formula is C18H28N2O2. The van der Waals surface area contributed by atoms with Crippen LogP contribution in [-0.4, -0.2) is 53.6 Å². The number of aromatic carboxylic acids is 1. The van der Waals surface area contributed by atoms with E-state index in [4.69, 9.17) is 5.11 Å². The third-order valence-corrected chi connectivity index (χ3v) is 4.30. The van der Waals surface area contributed by atoms with Crippen LogP contribution in [0, 0.1) is 0 Å². The SMILES string of the molecule is CCCN(CCN1CCCCC1)Cc1cccc(C(=O)O)c1. The minimum Gasteiger partial charge on any atom is -0.478 e. The number of carbonyl (C=O) groups is 1. The van der Waals surface area contributed by atoms with Gasteiger partial charge in [-0.3, -0.25) is 4.90 Å². The van der Waals surface area contributed by atoms with Crippen molar-refractivity contribution in [2.75, 3.05) is 32.7 Å². The molecule has 1 N–H and O–H groups in total. The summed E-state index contributed by atoms with van der Waals surface area (Å²) in [5.74, 6) is -0.850. The van der Waals surface area contributed by atoms with E-state index in [0.717, 1.165) is 38.2 Å². The first-order valence-corrected chi connectivity index (χ1v) is 8.46. The summed E-state index contributed by atoms with van der Waals surface area (Å²) in [5, 5.41) is 9.10. The molecule has 4 nitrogen and oxygen atoms in total. The Hall–Kier alpha value is -1.39. The molecule has 0 aliphatic carbocycles. The van der Waals surface area contributed by atoms with Crippen molar-refractivity contribution in [2.45, 2.75) is 39.2 Å². The minimum absolute atomic E-state index is 0.380. The summed E-state index contributed by atoms with van der Waals surface area (Å²) in [4.78, 5) is 16.1. The summed E-state index contributed by atoms with van der Waals surface area (Å²) in [6.07, 6.45) is 5.15. The second kappa shape index (κ2) is 8.91. The Kier molecular flexibility index (Phi) is 6.87. The largest absolute Gasteiger partial charge is 0.478 e. The number of rotatable bonds is 8. The standard InChI is InChI=1S/C18H28N2O2/c1-2-9-20(13-12-19-10-4-3-5-11-19)15-16-7-6-8-17(14-16)18(21)22/h6-8,14H,2-5,9-13,15H2,1H3,(H,21,22). The van der Waals surface area contributed by atoms with Crippen molar-refractivity contribution in [2.24, 2.45) is 0 Å². The predicted molar refractivity (Wildman–Crippen MR) is 89.3 cm³/mol. The van der Waals surface area contributed by atoms with Crippen molar-refractivity contribution in [3.63, 3.8) is 0 Å². The normalized spacial score (nSPS) is 16.1. The van der Waals surface area contributed by atoms with Gasteiger partial charge < -0.3 is 10.0 Å². The highest BCUT2D eigenvalue weighted by Crippen LogP contribution is 2.11. The molecule has 0 spiro atoms. The maximum atomic E-state index is 11.1. The summed E-state index contributed by atoms with van der Waals surface area (Å²) in [6, 6.07) is 7.32. The van der Waals surface area contributed by atoms with E-state index in [2.05, 4.69) is 16.7 Å². The third kappa shape index (κ3) is 5.43. The van der Waals surface area contributed by atoms with Gasteiger partial charge in [0.05, 0.1) is 5.56 Å². The maximum absolute atomic E-state index is 11.1. The fourth-order valence-corrected chi connectivity index (χ4v) is 3.11. The van der Waals surface area contributed by atoms with Gasteiger partial charge in [-0.05, 0) is 56.6 Å². The molecule has 2 rings (SSSR count). The lowest BCUT2D eigenvalue weighted by atomic mass is 10.1. The van der Waals surface area contributed by atoms with Crippen LogP contribution in [0.1, 0.15) is 48.5 Å². The minimum atomic E-state index is -0.850. The zero-order valence-electron chi connectivity index (χ0n) is 13.6. The monoisotopic (exact) mass is 304 g/mol. The highest BCUT2D eigenvalue weighted by atomic mass is 16.4. The molecule has 0 atom stereocenters. The van der Waals surface area contributed by atoms with Crippen molar-refractivity contribution in [3.05, 3.63) is 35.4 Å². The van der Waals surface area contributed by atoms with Crippen LogP contribution in [0.25, 0.3) is 0 Å². The molecule has 1 aliphatic rings. The summed E-state index contributed by atoms with van der Waals surface area (Å²) >= 11 is 0. The number of likely N-dealkylation sites (tertiary alicyclic amines) is 1. The maximum Gasteiger partial charge on any atom is 0.335 e. The van der Waals surface area contributed by atoms with Crippen LogP contribution in [0.2, 0.25) is 0 Å². The average Bonchev–Trinajstić information content (AvgIpc) is 2.54. The van der Waals surface area contributed by atoms with Crippen LogP contribution in [0.5, 0.6) is 0 Å². The van der Waals surface area contributed by atoms with Gasteiger partial charge in [0.2, 0.25) is 0 Å². The average molecular weight is 304 g/mol. The van der Waals surface area contributed by atoms with Gasteiger partial charge in [0, 0.05) is 19.6 Å². The van der Waals surface area contributed by atoms with E-state index in [-0.39, 0.29) is 0 Å². The van der Waals surface area contributed by atoms with Crippen molar-refractivity contribution >= 4 is 5.97 Å². The van der Waals surface area contributed by atoms with Gasteiger partial charge >= 0.3 is 5.97 Å². The zero-order valence-corrected chi connectivity index (χ0v) is 13.6. The summed E-state index contributed by atoms with van der Waals surface area (Å²) < 4.78 is 0. The Bertz CT molecular complexity index is 470. The predicted octanol–water partition coefficient (Wildman–Crippen LogP) is 3.08. The van der Waals surface area contributed by atoms with E-state index in [1.54, 1.807) is 12.1 Å². The smallest absolute Gasteiger partial charge is 0.335 e. The van der Waals surface area contributed by atoms with Gasteiger partial charge in [0.1, 0.15) is 0 Å². The van der Waals surface area contributed by atoms with Crippen molar-refractivity contribution in [1.82, 2.24) is 9.80 Å². The van der Waals surface area contributed by atoms with Crippen molar-refractivity contribution < 1.29 is 9.90 Å². The molecule has 0 radical (unpaired) electrons. The second-order valence-corrected chi connectivity index (χ2v) is 6.18. The van der Waals surface area contributed by atoms with Crippen molar-refractivity contribution in [1.29, 1.82) is 0 Å². The summed E-state index contributed by atoms with van der Waals surface area (Å²) in [6.45, 7) is 8.74. The second-order valence-electron chi connectivity index (χ2n) is 6.18. The molecule has 0 aromatic heterocycles. The van der Waals surface area contributed by atoms with E-state index < -0.39 is 5.97 Å². The first-order valence-electron chi connectivity index (χ1n) is 8.46. The highest BCUT2D eigenvalue weighted by molar-refractivity contribution is 5.87. The molecule has 1 fully saturated rings. The highest BCUT2D eigenvalue weighted by Gasteiger charge is 2.13. The zero-order chi connectivity index (χ0) is 15.8. The molecule has 0 amide bonds. The molecule has 1 aliphatic heterocycles. The van der Waals surface area contributed by atoms with Crippen LogP contribution in [0.3, 0.4) is 0 Å². The van der Waals surface area contributed by atoms with Gasteiger partial charge in [-0.25, -0.2) is 4.79 Å². The Morgan fingerprint density at radius 3 is 2.68 bits per heavy atom. The fraction of sp³-hybridized carbons (Fsp3) is 0.611. The molecule has 1 heterocycles. The van der Waals surface area contributed by atoms with E-state index in [0.29, 0.717) is 5.56 Å². The Morgan fingerprint density at radius 2 is 2.00 bits per heavy atom. The number of benzene rings is 1. The van der Waals surface area contributed by atoms with Gasteiger partial charge in [-0.1, -0.05) is 25.5 Å². The Morgan fingerprint density at radius 1 is 1.23 bits per heavy atom. The van der Waals surface area contributed by atoms with Gasteiger partial charge in [0.25, 0.3) is 0 Å². The molecule has 4 heteroatoms.